The van der Waals surface area contributed by atoms with Crippen molar-refractivity contribution in [1.29, 1.82) is 0 Å². The zero-order chi connectivity index (χ0) is 17.2. The van der Waals surface area contributed by atoms with Gasteiger partial charge in [-0.15, -0.1) is 0 Å². The zero-order valence-electron chi connectivity index (χ0n) is 14.8. The quantitative estimate of drug-likeness (QED) is 0.586. The highest BCUT2D eigenvalue weighted by Crippen LogP contribution is 2.39. The van der Waals surface area contributed by atoms with Crippen LogP contribution >= 0.6 is 0 Å². The average molecular weight is 325 g/mol. The second-order valence-electron chi connectivity index (χ2n) is 7.05. The molecule has 0 spiro atoms. The van der Waals surface area contributed by atoms with Crippen LogP contribution in [0, 0.1) is 5.92 Å². The van der Waals surface area contributed by atoms with Crippen LogP contribution in [0.1, 0.15) is 42.0 Å². The first-order valence-corrected chi connectivity index (χ1v) is 9.03. The Hall–Kier alpha value is -2.67. The fourth-order valence-corrected chi connectivity index (χ4v) is 3.86. The van der Waals surface area contributed by atoms with Crippen LogP contribution < -0.4 is 0 Å². The Morgan fingerprint density at radius 2 is 1.32 bits per heavy atom. The lowest BCUT2D eigenvalue weighted by Crippen LogP contribution is -2.31. The third-order valence-electron chi connectivity index (χ3n) is 5.06. The van der Waals surface area contributed by atoms with Gasteiger partial charge in [-0.2, -0.15) is 0 Å². The van der Waals surface area contributed by atoms with Gasteiger partial charge in [-0.1, -0.05) is 98.8 Å². The average Bonchev–Trinajstić information content (AvgIpc) is 2.68. The standard InChI is InChI=1S/C24H23N/c1-17(2)23-22(18-11-5-3-6-12-18)20-15-9-10-16-21(20)24(25-23)19-13-7-4-8-14-19/h3-17,22-23H,1-2H3/t22-,23+/m1/s1. The van der Waals surface area contributed by atoms with Gasteiger partial charge in [0.05, 0.1) is 11.8 Å². The van der Waals surface area contributed by atoms with Crippen molar-refractivity contribution >= 4 is 5.71 Å². The highest BCUT2D eigenvalue weighted by Gasteiger charge is 2.34. The molecule has 3 aromatic rings. The van der Waals surface area contributed by atoms with Gasteiger partial charge in [-0.05, 0) is 17.0 Å². The lowest BCUT2D eigenvalue weighted by atomic mass is 9.75. The van der Waals surface area contributed by atoms with Gasteiger partial charge in [0, 0.05) is 17.0 Å². The van der Waals surface area contributed by atoms with Gasteiger partial charge in [0.1, 0.15) is 0 Å². The second-order valence-corrected chi connectivity index (χ2v) is 7.05. The molecule has 0 aromatic heterocycles. The normalized spacial score (nSPS) is 19.4. The SMILES string of the molecule is CC(C)[C@@H]1N=C(c2ccccc2)c2ccccc2[C@H]1c1ccccc1. The van der Waals surface area contributed by atoms with Gasteiger partial charge >= 0.3 is 0 Å². The molecule has 0 radical (unpaired) electrons. The summed E-state index contributed by atoms with van der Waals surface area (Å²) in [6.07, 6.45) is 0. The smallest absolute Gasteiger partial charge is 0.0725 e. The fraction of sp³-hybridized carbons (Fsp3) is 0.208. The van der Waals surface area contributed by atoms with E-state index in [0.717, 1.165) is 5.71 Å². The molecular weight excluding hydrogens is 302 g/mol. The van der Waals surface area contributed by atoms with Crippen molar-refractivity contribution in [2.45, 2.75) is 25.8 Å². The van der Waals surface area contributed by atoms with E-state index in [2.05, 4.69) is 98.8 Å². The minimum absolute atomic E-state index is 0.243. The topological polar surface area (TPSA) is 12.4 Å². The molecule has 124 valence electrons. The van der Waals surface area contributed by atoms with Crippen molar-refractivity contribution < 1.29 is 0 Å². The highest BCUT2D eigenvalue weighted by atomic mass is 14.8. The van der Waals surface area contributed by atoms with E-state index in [1.807, 2.05) is 0 Å². The predicted octanol–water partition coefficient (Wildman–Crippen LogP) is 5.69. The van der Waals surface area contributed by atoms with Crippen LogP contribution in [0.2, 0.25) is 0 Å². The second kappa shape index (κ2) is 6.68. The molecule has 25 heavy (non-hydrogen) atoms. The van der Waals surface area contributed by atoms with E-state index in [1.165, 1.54) is 22.3 Å². The van der Waals surface area contributed by atoms with Crippen molar-refractivity contribution in [3.63, 3.8) is 0 Å². The number of nitrogens with zero attached hydrogens (tertiary/aromatic N) is 1. The molecule has 0 unspecified atom stereocenters. The summed E-state index contributed by atoms with van der Waals surface area (Å²) in [5, 5.41) is 0. The van der Waals surface area contributed by atoms with Crippen LogP contribution in [0.15, 0.2) is 89.9 Å². The summed E-state index contributed by atoms with van der Waals surface area (Å²) in [6.45, 7) is 4.56. The Morgan fingerprint density at radius 1 is 0.720 bits per heavy atom. The number of fused-ring (bicyclic) bond motifs is 1. The van der Waals surface area contributed by atoms with Crippen LogP contribution in [-0.2, 0) is 0 Å². The van der Waals surface area contributed by atoms with Crippen LogP contribution in [0.4, 0.5) is 0 Å². The van der Waals surface area contributed by atoms with Gasteiger partial charge in [0.25, 0.3) is 0 Å². The molecule has 1 aliphatic heterocycles. The maximum absolute atomic E-state index is 5.27. The Morgan fingerprint density at radius 3 is 2.00 bits per heavy atom. The van der Waals surface area contributed by atoms with Crippen LogP contribution in [0.3, 0.4) is 0 Å². The van der Waals surface area contributed by atoms with E-state index in [1.54, 1.807) is 0 Å². The minimum Gasteiger partial charge on any atom is -0.280 e. The molecule has 0 amide bonds. The Bertz CT molecular complexity index is 878. The van der Waals surface area contributed by atoms with Crippen LogP contribution in [-0.4, -0.2) is 11.8 Å². The summed E-state index contributed by atoms with van der Waals surface area (Å²) in [7, 11) is 0. The molecule has 0 saturated heterocycles. The molecule has 1 nitrogen and oxygen atoms in total. The fourth-order valence-electron chi connectivity index (χ4n) is 3.86. The molecule has 4 rings (SSSR count). The van der Waals surface area contributed by atoms with E-state index in [4.69, 9.17) is 4.99 Å². The molecule has 1 aliphatic rings. The van der Waals surface area contributed by atoms with E-state index in [0.29, 0.717) is 11.8 Å². The van der Waals surface area contributed by atoms with Gasteiger partial charge < -0.3 is 0 Å². The van der Waals surface area contributed by atoms with Crippen LogP contribution in [0.25, 0.3) is 0 Å². The van der Waals surface area contributed by atoms with Crippen molar-refractivity contribution in [1.82, 2.24) is 0 Å². The highest BCUT2D eigenvalue weighted by molar-refractivity contribution is 6.14. The number of aliphatic imine (C=N–C) groups is 1. The molecule has 3 aromatic carbocycles. The Balaban J connectivity index is 1.93. The molecule has 1 heterocycles. The molecule has 2 atom stereocenters. The molecule has 1 heteroatoms. The maximum Gasteiger partial charge on any atom is 0.0725 e. The van der Waals surface area contributed by atoms with Gasteiger partial charge in [-0.25, -0.2) is 0 Å². The van der Waals surface area contributed by atoms with Crippen molar-refractivity contribution in [2.24, 2.45) is 10.9 Å². The first-order chi connectivity index (χ1) is 12.3. The number of rotatable bonds is 3. The van der Waals surface area contributed by atoms with Crippen molar-refractivity contribution in [3.8, 4) is 0 Å². The van der Waals surface area contributed by atoms with Crippen molar-refractivity contribution in [3.05, 3.63) is 107 Å². The number of hydrogen-bond acceptors (Lipinski definition) is 1. The molecule has 0 aliphatic carbocycles. The Kier molecular flexibility index (Phi) is 4.23. The van der Waals surface area contributed by atoms with E-state index in [-0.39, 0.29) is 6.04 Å². The summed E-state index contributed by atoms with van der Waals surface area (Å²) >= 11 is 0. The van der Waals surface area contributed by atoms with Gasteiger partial charge in [-0.3, -0.25) is 4.99 Å². The third kappa shape index (κ3) is 2.91. The molecule has 0 saturated carbocycles. The van der Waals surface area contributed by atoms with E-state index < -0.39 is 0 Å². The Labute approximate surface area is 150 Å². The van der Waals surface area contributed by atoms with E-state index >= 15 is 0 Å². The molecule has 0 fully saturated rings. The lowest BCUT2D eigenvalue weighted by molar-refractivity contribution is 0.448. The number of hydrogen-bond donors (Lipinski definition) is 0. The first kappa shape index (κ1) is 15.8. The number of benzene rings is 3. The predicted molar refractivity (Wildman–Crippen MR) is 105 cm³/mol. The minimum atomic E-state index is 0.243. The molecule has 0 N–H and O–H groups in total. The third-order valence-corrected chi connectivity index (χ3v) is 5.06. The molecule has 0 bridgehead atoms. The van der Waals surface area contributed by atoms with Gasteiger partial charge in [0.2, 0.25) is 0 Å². The summed E-state index contributed by atoms with van der Waals surface area (Å²) in [6, 6.07) is 30.4. The zero-order valence-corrected chi connectivity index (χ0v) is 14.8. The molecular formula is C24H23N. The van der Waals surface area contributed by atoms with Gasteiger partial charge in [0.15, 0.2) is 0 Å². The summed E-state index contributed by atoms with van der Waals surface area (Å²) in [5.74, 6) is 0.780. The van der Waals surface area contributed by atoms with Crippen molar-refractivity contribution in [2.75, 3.05) is 0 Å². The first-order valence-electron chi connectivity index (χ1n) is 9.03. The summed E-state index contributed by atoms with van der Waals surface area (Å²) < 4.78 is 0. The lowest BCUT2D eigenvalue weighted by Gasteiger charge is -2.34. The monoisotopic (exact) mass is 325 g/mol. The summed E-state index contributed by atoms with van der Waals surface area (Å²) in [4.78, 5) is 5.27. The summed E-state index contributed by atoms with van der Waals surface area (Å²) in [5.41, 5.74) is 6.33. The van der Waals surface area contributed by atoms with Crippen LogP contribution in [0.5, 0.6) is 0 Å². The maximum atomic E-state index is 5.27. The largest absolute Gasteiger partial charge is 0.280 e. The van der Waals surface area contributed by atoms with E-state index in [9.17, 15) is 0 Å².